The lowest BCUT2D eigenvalue weighted by Crippen LogP contribution is -2.48. The van der Waals surface area contributed by atoms with Crippen LogP contribution in [0.4, 0.5) is 0 Å². The van der Waals surface area contributed by atoms with Crippen molar-refractivity contribution in [3.63, 3.8) is 0 Å². The first kappa shape index (κ1) is 21.3. The molecule has 0 saturated carbocycles. The molecule has 0 radical (unpaired) electrons. The predicted octanol–water partition coefficient (Wildman–Crippen LogP) is 1.25. The molecule has 0 bridgehead atoms. The lowest BCUT2D eigenvalue weighted by Gasteiger charge is -2.33. The monoisotopic (exact) mass is 444 g/mol. The fourth-order valence-corrected chi connectivity index (χ4v) is 5.89. The minimum atomic E-state index is -3.85. The molecule has 0 aliphatic carbocycles. The van der Waals surface area contributed by atoms with Crippen molar-refractivity contribution < 1.29 is 16.8 Å². The van der Waals surface area contributed by atoms with Gasteiger partial charge in [-0.1, -0.05) is 6.92 Å². The van der Waals surface area contributed by atoms with Crippen LogP contribution in [-0.2, 0) is 33.0 Å². The number of aromatic nitrogens is 1. The third-order valence-corrected chi connectivity index (χ3v) is 8.37. The number of benzene rings is 1. The molecule has 0 atom stereocenters. The normalized spacial score (nSPS) is 17.1. The van der Waals surface area contributed by atoms with E-state index in [9.17, 15) is 16.8 Å². The van der Waals surface area contributed by atoms with Crippen molar-refractivity contribution >= 4 is 31.4 Å². The van der Waals surface area contributed by atoms with Crippen LogP contribution < -0.4 is 5.14 Å². The molecule has 1 saturated heterocycles. The van der Waals surface area contributed by atoms with Crippen LogP contribution in [0.15, 0.2) is 39.4 Å². The summed E-state index contributed by atoms with van der Waals surface area (Å²) in [5, 5.41) is 8.27. The zero-order chi connectivity index (χ0) is 20.4. The SMILES string of the molecule is CCCc1nc(CN2CCN(S(=O)(=O)c3ccc(S(N)(=O)=O)cc3)CC2)cs1. The molecule has 1 aliphatic heterocycles. The molecule has 11 heteroatoms. The van der Waals surface area contributed by atoms with Gasteiger partial charge >= 0.3 is 0 Å². The number of nitrogens with zero attached hydrogens (tertiary/aromatic N) is 3. The van der Waals surface area contributed by atoms with E-state index in [1.165, 1.54) is 28.6 Å². The maximum absolute atomic E-state index is 12.8. The molecular weight excluding hydrogens is 420 g/mol. The van der Waals surface area contributed by atoms with E-state index in [1.807, 2.05) is 0 Å². The first-order valence-electron chi connectivity index (χ1n) is 8.99. The summed E-state index contributed by atoms with van der Waals surface area (Å²) < 4.78 is 49.7. The Hall–Kier alpha value is -1.37. The van der Waals surface area contributed by atoms with Gasteiger partial charge in [0.05, 0.1) is 20.5 Å². The Morgan fingerprint density at radius 2 is 1.64 bits per heavy atom. The van der Waals surface area contributed by atoms with Crippen LogP contribution in [-0.4, -0.2) is 57.2 Å². The quantitative estimate of drug-likeness (QED) is 0.687. The highest BCUT2D eigenvalue weighted by atomic mass is 32.2. The van der Waals surface area contributed by atoms with Crippen molar-refractivity contribution in [2.75, 3.05) is 26.2 Å². The Bertz CT molecular complexity index is 1010. The summed E-state index contributed by atoms with van der Waals surface area (Å²) in [6.07, 6.45) is 2.06. The van der Waals surface area contributed by atoms with Crippen molar-refractivity contribution in [2.45, 2.75) is 36.1 Å². The lowest BCUT2D eigenvalue weighted by atomic mass is 10.3. The van der Waals surface area contributed by atoms with E-state index in [2.05, 4.69) is 22.2 Å². The summed E-state index contributed by atoms with van der Waals surface area (Å²) in [5.41, 5.74) is 1.03. The van der Waals surface area contributed by atoms with Gasteiger partial charge < -0.3 is 0 Å². The molecule has 8 nitrogen and oxygen atoms in total. The number of piperazine rings is 1. The number of primary sulfonamides is 1. The van der Waals surface area contributed by atoms with E-state index in [4.69, 9.17) is 5.14 Å². The fraction of sp³-hybridized carbons (Fsp3) is 0.471. The molecule has 0 unspecified atom stereocenters. The number of hydrogen-bond acceptors (Lipinski definition) is 7. The van der Waals surface area contributed by atoms with E-state index in [1.54, 1.807) is 11.3 Å². The molecule has 1 fully saturated rings. The second kappa shape index (κ2) is 8.56. The molecule has 1 aliphatic rings. The molecule has 3 rings (SSSR count). The van der Waals surface area contributed by atoms with Crippen molar-refractivity contribution in [2.24, 2.45) is 5.14 Å². The number of hydrogen-bond donors (Lipinski definition) is 1. The van der Waals surface area contributed by atoms with Gasteiger partial charge in [-0.25, -0.2) is 27.0 Å². The summed E-state index contributed by atoms with van der Waals surface area (Å²) in [5.74, 6) is 0. The zero-order valence-corrected chi connectivity index (χ0v) is 18.1. The largest absolute Gasteiger partial charge is 0.295 e. The predicted molar refractivity (Wildman–Crippen MR) is 108 cm³/mol. The van der Waals surface area contributed by atoms with Crippen LogP contribution in [0.1, 0.15) is 24.0 Å². The van der Waals surface area contributed by atoms with Crippen LogP contribution in [0, 0.1) is 0 Å². The maximum atomic E-state index is 12.8. The van der Waals surface area contributed by atoms with Gasteiger partial charge in [0, 0.05) is 38.1 Å². The Kier molecular flexibility index (Phi) is 6.52. The average Bonchev–Trinajstić information content (AvgIpc) is 3.09. The van der Waals surface area contributed by atoms with Crippen molar-refractivity contribution in [3.8, 4) is 0 Å². The summed E-state index contributed by atoms with van der Waals surface area (Å²) in [6, 6.07) is 5.00. The van der Waals surface area contributed by atoms with E-state index in [0.29, 0.717) is 26.2 Å². The maximum Gasteiger partial charge on any atom is 0.243 e. The summed E-state index contributed by atoms with van der Waals surface area (Å²) in [6.45, 7) is 4.85. The highest BCUT2D eigenvalue weighted by Gasteiger charge is 2.29. The Morgan fingerprint density at radius 1 is 1.04 bits per heavy atom. The first-order chi connectivity index (χ1) is 13.2. The molecule has 0 amide bonds. The van der Waals surface area contributed by atoms with Gasteiger partial charge in [0.1, 0.15) is 0 Å². The van der Waals surface area contributed by atoms with Crippen molar-refractivity contribution in [1.29, 1.82) is 0 Å². The molecular formula is C17H24N4O4S3. The third kappa shape index (κ3) is 4.97. The van der Waals surface area contributed by atoms with Gasteiger partial charge in [-0.05, 0) is 37.1 Å². The van der Waals surface area contributed by atoms with Crippen LogP contribution in [0.2, 0.25) is 0 Å². The number of thiazole rings is 1. The van der Waals surface area contributed by atoms with Gasteiger partial charge in [-0.2, -0.15) is 4.31 Å². The van der Waals surface area contributed by atoms with Crippen LogP contribution in [0.3, 0.4) is 0 Å². The second-order valence-corrected chi connectivity index (χ2v) is 11.1. The minimum absolute atomic E-state index is 0.0667. The number of nitrogens with two attached hydrogens (primary N) is 1. The van der Waals surface area contributed by atoms with Gasteiger partial charge in [0.2, 0.25) is 20.0 Å². The molecule has 0 spiro atoms. The Morgan fingerprint density at radius 3 is 2.21 bits per heavy atom. The van der Waals surface area contributed by atoms with Gasteiger partial charge in [0.25, 0.3) is 0 Å². The summed E-state index contributed by atoms with van der Waals surface area (Å²) >= 11 is 1.67. The van der Waals surface area contributed by atoms with Crippen molar-refractivity contribution in [3.05, 3.63) is 40.3 Å². The standard InChI is InChI=1S/C17H24N4O4S3/c1-2-3-17-19-14(13-26-17)12-20-8-10-21(11-9-20)28(24,25)16-6-4-15(5-7-16)27(18,22)23/h4-7,13H,2-3,8-12H2,1H3,(H2,18,22,23). The van der Waals surface area contributed by atoms with E-state index in [0.717, 1.165) is 30.1 Å². The number of sulfonamides is 2. The minimum Gasteiger partial charge on any atom is -0.295 e. The van der Waals surface area contributed by atoms with Gasteiger partial charge in [-0.3, -0.25) is 4.90 Å². The fourth-order valence-electron chi connectivity index (χ4n) is 3.06. The van der Waals surface area contributed by atoms with Crippen LogP contribution >= 0.6 is 11.3 Å². The third-order valence-electron chi connectivity index (χ3n) is 4.57. The number of aryl methyl sites for hydroxylation is 1. The molecule has 28 heavy (non-hydrogen) atoms. The zero-order valence-electron chi connectivity index (χ0n) is 15.6. The topological polar surface area (TPSA) is 114 Å². The number of rotatable bonds is 7. The second-order valence-electron chi connectivity index (χ2n) is 6.68. The summed E-state index contributed by atoms with van der Waals surface area (Å²) in [4.78, 5) is 6.78. The van der Waals surface area contributed by atoms with Crippen molar-refractivity contribution in [1.82, 2.24) is 14.2 Å². The highest BCUT2D eigenvalue weighted by molar-refractivity contribution is 7.89. The van der Waals surface area contributed by atoms with E-state index >= 15 is 0 Å². The Balaban J connectivity index is 1.61. The smallest absolute Gasteiger partial charge is 0.243 e. The average molecular weight is 445 g/mol. The molecule has 2 heterocycles. The van der Waals surface area contributed by atoms with E-state index in [-0.39, 0.29) is 9.79 Å². The first-order valence-corrected chi connectivity index (χ1v) is 12.9. The molecule has 1 aromatic heterocycles. The van der Waals surface area contributed by atoms with E-state index < -0.39 is 20.0 Å². The Labute approximate surface area is 170 Å². The summed E-state index contributed by atoms with van der Waals surface area (Å²) in [7, 11) is -7.52. The molecule has 2 aromatic rings. The molecule has 154 valence electrons. The van der Waals surface area contributed by atoms with Crippen LogP contribution in [0.5, 0.6) is 0 Å². The molecule has 1 aromatic carbocycles. The van der Waals surface area contributed by atoms with Crippen LogP contribution in [0.25, 0.3) is 0 Å². The molecule has 2 N–H and O–H groups in total. The van der Waals surface area contributed by atoms with Gasteiger partial charge in [-0.15, -0.1) is 11.3 Å². The van der Waals surface area contributed by atoms with Gasteiger partial charge in [0.15, 0.2) is 0 Å². The highest BCUT2D eigenvalue weighted by Crippen LogP contribution is 2.20. The lowest BCUT2D eigenvalue weighted by molar-refractivity contribution is 0.180.